The summed E-state index contributed by atoms with van der Waals surface area (Å²) in [6, 6.07) is 6.65. The van der Waals surface area contributed by atoms with E-state index in [9.17, 15) is 14.9 Å². The first-order chi connectivity index (χ1) is 11.1. The maximum atomic E-state index is 11.7. The highest BCUT2D eigenvalue weighted by Gasteiger charge is 2.32. The predicted octanol–water partition coefficient (Wildman–Crippen LogP) is 1.46. The van der Waals surface area contributed by atoms with Gasteiger partial charge in [-0.05, 0) is 25.0 Å². The first kappa shape index (κ1) is 15.1. The van der Waals surface area contributed by atoms with E-state index < -0.39 is 4.92 Å². The van der Waals surface area contributed by atoms with Crippen LogP contribution in [0, 0.1) is 21.4 Å². The summed E-state index contributed by atoms with van der Waals surface area (Å²) in [5, 5.41) is 23.0. The van der Waals surface area contributed by atoms with Gasteiger partial charge < -0.3 is 15.1 Å². The molecule has 3 rings (SSSR count). The number of hydrogen-bond donors (Lipinski definition) is 1. The molecule has 0 radical (unpaired) electrons. The van der Waals surface area contributed by atoms with Crippen LogP contribution < -0.4 is 10.2 Å². The smallest absolute Gasteiger partial charge is 0.317 e. The van der Waals surface area contributed by atoms with Gasteiger partial charge in [-0.25, -0.2) is 4.79 Å². The standard InChI is InChI=1S/C15H17N5O3/c16-10-11-1-2-13(14(9-11)20(22)23)18-6-3-12(4-7-18)19-8-5-17-15(19)21/h1-2,9,12H,3-8H2,(H,17,21). The van der Waals surface area contributed by atoms with Gasteiger partial charge in [0.2, 0.25) is 0 Å². The van der Waals surface area contributed by atoms with Crippen LogP contribution in [-0.4, -0.2) is 48.1 Å². The molecule has 2 aliphatic rings. The molecular formula is C15H17N5O3. The van der Waals surface area contributed by atoms with Crippen LogP contribution in [0.5, 0.6) is 0 Å². The summed E-state index contributed by atoms with van der Waals surface area (Å²) >= 11 is 0. The molecule has 2 heterocycles. The molecule has 0 aliphatic carbocycles. The maximum Gasteiger partial charge on any atom is 0.317 e. The lowest BCUT2D eigenvalue weighted by Crippen LogP contribution is -2.46. The van der Waals surface area contributed by atoms with Crippen molar-refractivity contribution in [2.75, 3.05) is 31.1 Å². The molecule has 8 heteroatoms. The Morgan fingerprint density at radius 1 is 1.30 bits per heavy atom. The molecular weight excluding hydrogens is 298 g/mol. The average molecular weight is 315 g/mol. The van der Waals surface area contributed by atoms with Crippen molar-refractivity contribution in [2.24, 2.45) is 0 Å². The van der Waals surface area contributed by atoms with E-state index in [1.165, 1.54) is 6.07 Å². The van der Waals surface area contributed by atoms with Crippen LogP contribution in [0.2, 0.25) is 0 Å². The molecule has 0 bridgehead atoms. The predicted molar refractivity (Wildman–Crippen MR) is 83.2 cm³/mol. The van der Waals surface area contributed by atoms with E-state index in [1.54, 1.807) is 12.1 Å². The second kappa shape index (κ2) is 6.12. The second-order valence-electron chi connectivity index (χ2n) is 5.72. The number of nitro benzene ring substituents is 1. The summed E-state index contributed by atoms with van der Waals surface area (Å²) < 4.78 is 0. The number of amides is 2. The van der Waals surface area contributed by atoms with Gasteiger partial charge in [0.15, 0.2) is 0 Å². The van der Waals surface area contributed by atoms with E-state index in [4.69, 9.17) is 5.26 Å². The Hall–Kier alpha value is -2.82. The summed E-state index contributed by atoms with van der Waals surface area (Å²) in [4.78, 5) is 26.3. The quantitative estimate of drug-likeness (QED) is 0.672. The Kier molecular flexibility index (Phi) is 4.02. The van der Waals surface area contributed by atoms with Crippen molar-refractivity contribution in [3.05, 3.63) is 33.9 Å². The third-order valence-corrected chi connectivity index (χ3v) is 4.44. The van der Waals surface area contributed by atoms with Crippen LogP contribution in [0.15, 0.2) is 18.2 Å². The molecule has 2 amide bonds. The summed E-state index contributed by atoms with van der Waals surface area (Å²) in [5.41, 5.74) is 0.781. The number of nitrogens with zero attached hydrogens (tertiary/aromatic N) is 4. The fourth-order valence-electron chi connectivity index (χ4n) is 3.26. The molecule has 23 heavy (non-hydrogen) atoms. The molecule has 0 atom stereocenters. The van der Waals surface area contributed by atoms with Gasteiger partial charge in [-0.3, -0.25) is 10.1 Å². The molecule has 8 nitrogen and oxygen atoms in total. The van der Waals surface area contributed by atoms with Crippen LogP contribution in [0.25, 0.3) is 0 Å². The molecule has 2 aliphatic heterocycles. The highest BCUT2D eigenvalue weighted by atomic mass is 16.6. The van der Waals surface area contributed by atoms with E-state index in [1.807, 2.05) is 15.9 Å². The zero-order chi connectivity index (χ0) is 16.4. The normalized spacial score (nSPS) is 18.7. The van der Waals surface area contributed by atoms with E-state index in [0.29, 0.717) is 25.3 Å². The third-order valence-electron chi connectivity index (χ3n) is 4.44. The Bertz CT molecular complexity index is 676. The summed E-state index contributed by atoms with van der Waals surface area (Å²) in [5.74, 6) is 0. The topological polar surface area (TPSA) is 103 Å². The lowest BCUT2D eigenvalue weighted by Gasteiger charge is -2.37. The first-order valence-electron chi connectivity index (χ1n) is 7.58. The average Bonchev–Trinajstić information content (AvgIpc) is 3.00. The number of carbonyl (C=O) groups is 1. The molecule has 0 saturated carbocycles. The molecule has 1 aromatic rings. The van der Waals surface area contributed by atoms with Crippen molar-refractivity contribution in [1.29, 1.82) is 5.26 Å². The van der Waals surface area contributed by atoms with Crippen molar-refractivity contribution in [3.8, 4) is 6.07 Å². The fourth-order valence-corrected chi connectivity index (χ4v) is 3.26. The number of piperidine rings is 1. The van der Waals surface area contributed by atoms with Gasteiger partial charge in [0, 0.05) is 38.3 Å². The van der Waals surface area contributed by atoms with Crippen LogP contribution in [0.3, 0.4) is 0 Å². The molecule has 0 unspecified atom stereocenters. The van der Waals surface area contributed by atoms with E-state index in [0.717, 1.165) is 19.4 Å². The molecule has 2 saturated heterocycles. The zero-order valence-electron chi connectivity index (χ0n) is 12.6. The number of nitrogens with one attached hydrogen (secondary N) is 1. The number of rotatable bonds is 3. The first-order valence-corrected chi connectivity index (χ1v) is 7.58. The summed E-state index contributed by atoms with van der Waals surface area (Å²) in [6.45, 7) is 2.71. The maximum absolute atomic E-state index is 11.7. The lowest BCUT2D eigenvalue weighted by atomic mass is 10.0. The largest absolute Gasteiger partial charge is 0.366 e. The molecule has 0 aromatic heterocycles. The van der Waals surface area contributed by atoms with Crippen LogP contribution in [0.4, 0.5) is 16.2 Å². The van der Waals surface area contributed by atoms with E-state index >= 15 is 0 Å². The van der Waals surface area contributed by atoms with Crippen LogP contribution >= 0.6 is 0 Å². The van der Waals surface area contributed by atoms with Gasteiger partial charge in [-0.2, -0.15) is 5.26 Å². The Morgan fingerprint density at radius 3 is 2.61 bits per heavy atom. The van der Waals surface area contributed by atoms with Gasteiger partial charge in [-0.1, -0.05) is 0 Å². The van der Waals surface area contributed by atoms with Crippen molar-refractivity contribution in [2.45, 2.75) is 18.9 Å². The Balaban J connectivity index is 1.74. The van der Waals surface area contributed by atoms with Crippen molar-refractivity contribution >= 4 is 17.4 Å². The number of carbonyl (C=O) groups excluding carboxylic acids is 1. The van der Waals surface area contributed by atoms with Crippen LogP contribution in [0.1, 0.15) is 18.4 Å². The Labute approximate surface area is 133 Å². The highest BCUT2D eigenvalue weighted by Crippen LogP contribution is 2.32. The van der Waals surface area contributed by atoms with Crippen molar-refractivity contribution in [3.63, 3.8) is 0 Å². The molecule has 0 spiro atoms. The van der Waals surface area contributed by atoms with Crippen molar-refractivity contribution in [1.82, 2.24) is 10.2 Å². The van der Waals surface area contributed by atoms with Gasteiger partial charge in [0.05, 0.1) is 16.6 Å². The summed E-state index contributed by atoms with van der Waals surface area (Å²) in [7, 11) is 0. The van der Waals surface area contributed by atoms with Gasteiger partial charge in [-0.15, -0.1) is 0 Å². The van der Waals surface area contributed by atoms with Crippen molar-refractivity contribution < 1.29 is 9.72 Å². The van der Waals surface area contributed by atoms with Gasteiger partial charge >= 0.3 is 6.03 Å². The second-order valence-corrected chi connectivity index (χ2v) is 5.72. The van der Waals surface area contributed by atoms with Crippen LogP contribution in [-0.2, 0) is 0 Å². The van der Waals surface area contributed by atoms with E-state index in [-0.39, 0.29) is 23.3 Å². The Morgan fingerprint density at radius 2 is 2.04 bits per heavy atom. The molecule has 2 fully saturated rings. The highest BCUT2D eigenvalue weighted by molar-refractivity contribution is 5.76. The minimum absolute atomic E-state index is 0.0206. The molecule has 1 N–H and O–H groups in total. The zero-order valence-corrected chi connectivity index (χ0v) is 12.6. The number of urea groups is 1. The minimum atomic E-state index is -0.448. The van der Waals surface area contributed by atoms with E-state index in [2.05, 4.69) is 5.32 Å². The summed E-state index contributed by atoms with van der Waals surface area (Å²) in [6.07, 6.45) is 1.56. The SMILES string of the molecule is N#Cc1ccc(N2CCC(N3CCNC3=O)CC2)c([N+](=O)[O-])c1. The third kappa shape index (κ3) is 2.90. The van der Waals surface area contributed by atoms with Gasteiger partial charge in [0.25, 0.3) is 5.69 Å². The van der Waals surface area contributed by atoms with Gasteiger partial charge in [0.1, 0.15) is 5.69 Å². The minimum Gasteiger partial charge on any atom is -0.366 e. The lowest BCUT2D eigenvalue weighted by molar-refractivity contribution is -0.384. The number of anilines is 1. The molecule has 120 valence electrons. The monoisotopic (exact) mass is 315 g/mol. The number of nitriles is 1. The fraction of sp³-hybridized carbons (Fsp3) is 0.467. The number of hydrogen-bond acceptors (Lipinski definition) is 5. The number of nitro groups is 1. The number of benzene rings is 1. The molecule has 1 aromatic carbocycles.